The van der Waals surface area contributed by atoms with E-state index in [9.17, 15) is 9.59 Å². The lowest BCUT2D eigenvalue weighted by atomic mass is 10.1. The van der Waals surface area contributed by atoms with E-state index in [0.717, 1.165) is 23.7 Å². The summed E-state index contributed by atoms with van der Waals surface area (Å²) in [6.45, 7) is 10.8. The summed E-state index contributed by atoms with van der Waals surface area (Å²) in [5.41, 5.74) is 1.29. The number of ether oxygens (including phenoxy) is 2. The average molecular weight is 449 g/mol. The maximum Gasteiger partial charge on any atom is 0.254 e. The predicted molar refractivity (Wildman–Crippen MR) is 123 cm³/mol. The Balaban J connectivity index is 2.22. The summed E-state index contributed by atoms with van der Waals surface area (Å²) < 4.78 is 10.6. The van der Waals surface area contributed by atoms with Crippen LogP contribution in [-0.4, -0.2) is 73.5 Å². The van der Waals surface area contributed by atoms with Gasteiger partial charge >= 0.3 is 0 Å². The minimum absolute atomic E-state index is 0.0721. The predicted octanol–water partition coefficient (Wildman–Crippen LogP) is 3.20. The van der Waals surface area contributed by atoms with Gasteiger partial charge in [-0.25, -0.2) is 4.98 Å². The molecule has 9 heteroatoms. The molecule has 0 aliphatic rings. The van der Waals surface area contributed by atoms with Gasteiger partial charge in [-0.2, -0.15) is 0 Å². The van der Waals surface area contributed by atoms with Crippen LogP contribution in [0.15, 0.2) is 18.2 Å². The second kappa shape index (κ2) is 11.7. The number of benzene rings is 1. The third-order valence-electron chi connectivity index (χ3n) is 5.08. The Morgan fingerprint density at radius 1 is 1.03 bits per heavy atom. The lowest BCUT2D eigenvalue weighted by Gasteiger charge is -2.26. The van der Waals surface area contributed by atoms with Crippen LogP contribution < -0.4 is 14.8 Å². The minimum Gasteiger partial charge on any atom is -0.497 e. The maximum absolute atomic E-state index is 13.3. The summed E-state index contributed by atoms with van der Waals surface area (Å²) in [4.78, 5) is 35.2. The number of thiazole rings is 1. The number of aromatic nitrogens is 1. The highest BCUT2D eigenvalue weighted by atomic mass is 32.1. The first-order valence-corrected chi connectivity index (χ1v) is 11.1. The van der Waals surface area contributed by atoms with Crippen LogP contribution in [0.2, 0.25) is 0 Å². The Morgan fingerprint density at radius 2 is 1.65 bits per heavy atom. The molecular formula is C22H32N4O4S. The van der Waals surface area contributed by atoms with Crippen LogP contribution in [0, 0.1) is 13.8 Å². The van der Waals surface area contributed by atoms with E-state index in [-0.39, 0.29) is 18.4 Å². The number of hydrogen-bond acceptors (Lipinski definition) is 7. The number of carbonyl (C=O) groups excluding carboxylic acids is 2. The van der Waals surface area contributed by atoms with Gasteiger partial charge in [0.2, 0.25) is 5.91 Å². The van der Waals surface area contributed by atoms with Gasteiger partial charge < -0.3 is 24.6 Å². The first-order chi connectivity index (χ1) is 14.8. The summed E-state index contributed by atoms with van der Waals surface area (Å²) in [5, 5.41) is 3.35. The van der Waals surface area contributed by atoms with Crippen molar-refractivity contribution in [3.05, 3.63) is 34.3 Å². The number of anilines is 1. The van der Waals surface area contributed by atoms with E-state index in [1.165, 1.54) is 25.6 Å². The molecule has 0 atom stereocenters. The van der Waals surface area contributed by atoms with E-state index in [1.807, 2.05) is 13.8 Å². The van der Waals surface area contributed by atoms with E-state index >= 15 is 0 Å². The molecule has 0 saturated carbocycles. The number of methoxy groups -OCH3 is 2. The summed E-state index contributed by atoms with van der Waals surface area (Å²) >= 11 is 1.42. The molecule has 31 heavy (non-hydrogen) atoms. The molecule has 2 rings (SSSR count). The van der Waals surface area contributed by atoms with E-state index in [1.54, 1.807) is 23.1 Å². The summed E-state index contributed by atoms with van der Waals surface area (Å²) in [5.74, 6) is 0.497. The van der Waals surface area contributed by atoms with Gasteiger partial charge in [-0.15, -0.1) is 11.3 Å². The van der Waals surface area contributed by atoms with Crippen molar-refractivity contribution in [2.24, 2.45) is 0 Å². The number of hydrogen-bond donors (Lipinski definition) is 1. The quantitative estimate of drug-likeness (QED) is 0.568. The largest absolute Gasteiger partial charge is 0.497 e. The Hall–Kier alpha value is -2.65. The number of nitrogens with zero attached hydrogens (tertiary/aromatic N) is 3. The molecule has 2 aromatic rings. The van der Waals surface area contributed by atoms with Gasteiger partial charge in [0, 0.05) is 29.6 Å². The van der Waals surface area contributed by atoms with E-state index in [0.29, 0.717) is 35.3 Å². The SMILES string of the molecule is CCN(CC)CCN(CC(=O)Nc1nc(C)c(C)s1)C(=O)c1cc(OC)cc(OC)c1. The van der Waals surface area contributed by atoms with Gasteiger partial charge in [0.1, 0.15) is 18.0 Å². The monoisotopic (exact) mass is 448 g/mol. The zero-order valence-electron chi connectivity index (χ0n) is 19.2. The summed E-state index contributed by atoms with van der Waals surface area (Å²) in [6.07, 6.45) is 0. The van der Waals surface area contributed by atoms with Crippen LogP contribution in [0.4, 0.5) is 5.13 Å². The third-order valence-corrected chi connectivity index (χ3v) is 6.06. The number of aryl methyl sites for hydroxylation is 2. The lowest BCUT2D eigenvalue weighted by molar-refractivity contribution is -0.116. The van der Waals surface area contributed by atoms with E-state index < -0.39 is 0 Å². The van der Waals surface area contributed by atoms with E-state index in [2.05, 4.69) is 29.0 Å². The molecule has 0 aliphatic heterocycles. The van der Waals surface area contributed by atoms with Crippen molar-refractivity contribution in [3.63, 3.8) is 0 Å². The van der Waals surface area contributed by atoms with Gasteiger partial charge in [-0.05, 0) is 39.1 Å². The van der Waals surface area contributed by atoms with Crippen LogP contribution in [0.5, 0.6) is 11.5 Å². The molecule has 0 aliphatic carbocycles. The molecule has 0 unspecified atom stereocenters. The maximum atomic E-state index is 13.3. The van der Waals surface area contributed by atoms with Crippen LogP contribution in [0.1, 0.15) is 34.8 Å². The number of likely N-dealkylation sites (N-methyl/N-ethyl adjacent to an activating group) is 1. The molecule has 0 saturated heterocycles. The number of rotatable bonds is 11. The van der Waals surface area contributed by atoms with Crippen molar-refractivity contribution < 1.29 is 19.1 Å². The van der Waals surface area contributed by atoms with Crippen LogP contribution >= 0.6 is 11.3 Å². The molecule has 0 fully saturated rings. The van der Waals surface area contributed by atoms with Crippen LogP contribution in [-0.2, 0) is 4.79 Å². The molecule has 1 heterocycles. The summed E-state index contributed by atoms with van der Waals surface area (Å²) in [7, 11) is 3.07. The standard InChI is InChI=1S/C22H32N4O4S/c1-7-25(8-2)9-10-26(14-20(27)24-22-23-15(3)16(4)31-22)21(28)17-11-18(29-5)13-19(12-17)30-6/h11-13H,7-10,14H2,1-6H3,(H,23,24,27). The van der Waals surface area contributed by atoms with Gasteiger partial charge in [0.25, 0.3) is 5.91 Å². The van der Waals surface area contributed by atoms with Gasteiger partial charge in [0.15, 0.2) is 5.13 Å². The second-order valence-corrected chi connectivity index (χ2v) is 8.27. The highest BCUT2D eigenvalue weighted by molar-refractivity contribution is 7.15. The van der Waals surface area contributed by atoms with Crippen molar-refractivity contribution >= 4 is 28.3 Å². The van der Waals surface area contributed by atoms with Crippen molar-refractivity contribution in [1.82, 2.24) is 14.8 Å². The van der Waals surface area contributed by atoms with E-state index in [4.69, 9.17) is 9.47 Å². The molecule has 170 valence electrons. The van der Waals surface area contributed by atoms with Crippen molar-refractivity contribution in [3.8, 4) is 11.5 Å². The Morgan fingerprint density at radius 3 is 2.13 bits per heavy atom. The fourth-order valence-corrected chi connectivity index (χ4v) is 3.86. The number of nitrogens with one attached hydrogen (secondary N) is 1. The van der Waals surface area contributed by atoms with Crippen molar-refractivity contribution in [1.29, 1.82) is 0 Å². The van der Waals surface area contributed by atoms with Crippen LogP contribution in [0.25, 0.3) is 0 Å². The van der Waals surface area contributed by atoms with Crippen molar-refractivity contribution in [2.75, 3.05) is 52.3 Å². The minimum atomic E-state index is -0.281. The average Bonchev–Trinajstić information content (AvgIpc) is 3.08. The Kier molecular flexibility index (Phi) is 9.26. The van der Waals surface area contributed by atoms with Gasteiger partial charge in [0.05, 0.1) is 19.9 Å². The second-order valence-electron chi connectivity index (χ2n) is 7.06. The Labute approximate surface area is 188 Å². The zero-order chi connectivity index (χ0) is 23.0. The molecule has 1 aromatic carbocycles. The summed E-state index contributed by atoms with van der Waals surface area (Å²) in [6, 6.07) is 5.01. The Bertz CT molecular complexity index is 854. The first kappa shape index (κ1) is 24.6. The van der Waals surface area contributed by atoms with Crippen molar-refractivity contribution in [2.45, 2.75) is 27.7 Å². The fourth-order valence-electron chi connectivity index (χ4n) is 3.03. The van der Waals surface area contributed by atoms with Gasteiger partial charge in [-0.3, -0.25) is 9.59 Å². The molecule has 0 spiro atoms. The van der Waals surface area contributed by atoms with Gasteiger partial charge in [-0.1, -0.05) is 13.8 Å². The number of amides is 2. The molecular weight excluding hydrogens is 416 g/mol. The molecule has 8 nitrogen and oxygen atoms in total. The third kappa shape index (κ3) is 6.93. The molecule has 1 N–H and O–H groups in total. The normalized spacial score (nSPS) is 10.8. The fraction of sp³-hybridized carbons (Fsp3) is 0.500. The molecule has 0 bridgehead atoms. The zero-order valence-corrected chi connectivity index (χ0v) is 20.0. The first-order valence-electron chi connectivity index (χ1n) is 10.3. The topological polar surface area (TPSA) is 84.0 Å². The smallest absolute Gasteiger partial charge is 0.254 e. The van der Waals surface area contributed by atoms with Crippen LogP contribution in [0.3, 0.4) is 0 Å². The molecule has 2 amide bonds. The number of carbonyl (C=O) groups is 2. The molecule has 0 radical (unpaired) electrons. The highest BCUT2D eigenvalue weighted by Crippen LogP contribution is 2.24. The highest BCUT2D eigenvalue weighted by Gasteiger charge is 2.22. The lowest BCUT2D eigenvalue weighted by Crippen LogP contribution is -2.42. The molecule has 1 aromatic heterocycles.